The van der Waals surface area contributed by atoms with E-state index in [1.165, 1.54) is 0 Å². The summed E-state index contributed by atoms with van der Waals surface area (Å²) < 4.78 is 223. The summed E-state index contributed by atoms with van der Waals surface area (Å²) in [5.74, 6) is -61.8. The van der Waals surface area contributed by atoms with Gasteiger partial charge < -0.3 is 4.74 Å². The van der Waals surface area contributed by atoms with Crippen molar-refractivity contribution >= 4 is 5.97 Å². The molecule has 0 N–H and O–H groups in total. The Bertz CT molecular complexity index is 675. The topological polar surface area (TPSA) is 26.3 Å². The zero-order valence-electron chi connectivity index (χ0n) is 14.3. The molecule has 0 fully saturated rings. The third kappa shape index (κ3) is 3.84. The molecule has 186 valence electrons. The largest absolute Gasteiger partial charge is 0.460 e. The number of alkyl halides is 17. The van der Waals surface area contributed by atoms with E-state index >= 15 is 0 Å². The smallest absolute Gasteiger partial charge is 0.458 e. The third-order valence-corrected chi connectivity index (χ3v) is 3.32. The third-order valence-electron chi connectivity index (χ3n) is 3.32. The summed E-state index contributed by atoms with van der Waals surface area (Å²) in [6.07, 6.45) is -9.67. The fourth-order valence-corrected chi connectivity index (χ4v) is 1.58. The molecule has 31 heavy (non-hydrogen) atoms. The van der Waals surface area contributed by atoms with Gasteiger partial charge >= 0.3 is 53.6 Å². The van der Waals surface area contributed by atoms with Gasteiger partial charge in [0.1, 0.15) is 0 Å². The molecule has 0 radical (unpaired) electrons. The number of hydrogen-bond donors (Lipinski definition) is 0. The SMILES string of the molecule is CC(C)OC(=O)C(F)(F)C(F)(F)C(F)(F)C(F)(F)C(F)(F)C(F)(F)C(F)(F)C(F)(F)F. The van der Waals surface area contributed by atoms with Gasteiger partial charge in [-0.25, -0.2) is 4.79 Å². The van der Waals surface area contributed by atoms with Crippen LogP contribution in [0.5, 0.6) is 0 Å². The maximum Gasteiger partial charge on any atom is 0.460 e. The number of halogens is 17. The lowest BCUT2D eigenvalue weighted by molar-refractivity contribution is -0.460. The van der Waals surface area contributed by atoms with Crippen molar-refractivity contribution in [2.75, 3.05) is 0 Å². The highest BCUT2D eigenvalue weighted by Gasteiger charge is 2.95. The molecule has 0 saturated heterocycles. The summed E-state index contributed by atoms with van der Waals surface area (Å²) in [5, 5.41) is 0. The first-order valence-corrected chi connectivity index (χ1v) is 7.01. The maximum atomic E-state index is 13.4. The Kier molecular flexibility index (Phi) is 7.00. The lowest BCUT2D eigenvalue weighted by Crippen LogP contribution is -2.75. The summed E-state index contributed by atoms with van der Waals surface area (Å²) in [4.78, 5) is 10.8. The van der Waals surface area contributed by atoms with Gasteiger partial charge in [-0.2, -0.15) is 74.6 Å². The van der Waals surface area contributed by atoms with Crippen molar-refractivity contribution in [2.45, 2.75) is 67.6 Å². The highest BCUT2D eigenvalue weighted by atomic mass is 19.4. The van der Waals surface area contributed by atoms with Gasteiger partial charge in [-0.05, 0) is 13.8 Å². The molecule has 0 aromatic carbocycles. The monoisotopic (exact) mass is 506 g/mol. The molecule has 0 aliphatic carbocycles. The van der Waals surface area contributed by atoms with Gasteiger partial charge in [0.15, 0.2) is 0 Å². The van der Waals surface area contributed by atoms with E-state index in [2.05, 4.69) is 4.74 Å². The van der Waals surface area contributed by atoms with Crippen molar-refractivity contribution in [1.29, 1.82) is 0 Å². The normalized spacial score (nSPS) is 16.0. The number of hydrogen-bond acceptors (Lipinski definition) is 2. The molecule has 0 saturated carbocycles. The maximum absolute atomic E-state index is 13.4. The van der Waals surface area contributed by atoms with Crippen LogP contribution < -0.4 is 0 Å². The summed E-state index contributed by atoms with van der Waals surface area (Å²) in [6, 6.07) is 0. The van der Waals surface area contributed by atoms with Gasteiger partial charge in [0.2, 0.25) is 0 Å². The number of carbonyl (C=O) groups is 1. The summed E-state index contributed by atoms with van der Waals surface area (Å²) in [6.45, 7) is 1.21. The van der Waals surface area contributed by atoms with Crippen LogP contribution in [0.3, 0.4) is 0 Å². The molecular formula is C12H7F17O2. The molecule has 0 aliphatic rings. The van der Waals surface area contributed by atoms with Crippen LogP contribution in [0.15, 0.2) is 0 Å². The summed E-state index contributed by atoms with van der Waals surface area (Å²) >= 11 is 0. The molecule has 0 rings (SSSR count). The molecule has 0 unspecified atom stereocenters. The average Bonchev–Trinajstić information content (AvgIpc) is 2.51. The Morgan fingerprint density at radius 1 is 0.516 bits per heavy atom. The minimum Gasteiger partial charge on any atom is -0.458 e. The number of esters is 1. The minimum atomic E-state index is -8.73. The second kappa shape index (κ2) is 7.41. The molecule has 0 amide bonds. The zero-order valence-corrected chi connectivity index (χ0v) is 14.3. The summed E-state index contributed by atoms with van der Waals surface area (Å²) in [7, 11) is 0. The van der Waals surface area contributed by atoms with Crippen LogP contribution in [0, 0.1) is 0 Å². The molecule has 0 aromatic rings. The first kappa shape index (κ1) is 29.3. The number of carbonyl (C=O) groups excluding carboxylic acids is 1. The fraction of sp³-hybridized carbons (Fsp3) is 0.917. The average molecular weight is 506 g/mol. The Balaban J connectivity index is 6.73. The highest BCUT2D eigenvalue weighted by molar-refractivity contribution is 5.79. The van der Waals surface area contributed by atoms with Gasteiger partial charge in [-0.15, -0.1) is 0 Å². The van der Waals surface area contributed by atoms with Crippen LogP contribution in [-0.4, -0.2) is 59.7 Å². The van der Waals surface area contributed by atoms with Crippen molar-refractivity contribution in [2.24, 2.45) is 0 Å². The predicted molar refractivity (Wildman–Crippen MR) is 61.9 cm³/mol. The Morgan fingerprint density at radius 3 is 1.03 bits per heavy atom. The lowest BCUT2D eigenvalue weighted by atomic mass is 9.89. The Labute approximate surface area is 159 Å². The van der Waals surface area contributed by atoms with E-state index in [4.69, 9.17) is 0 Å². The summed E-state index contributed by atoms with van der Waals surface area (Å²) in [5.41, 5.74) is 0. The van der Waals surface area contributed by atoms with E-state index in [1.807, 2.05) is 0 Å². The highest BCUT2D eigenvalue weighted by Crippen LogP contribution is 2.64. The van der Waals surface area contributed by atoms with E-state index < -0.39 is 59.7 Å². The molecule has 0 aliphatic heterocycles. The molecule has 0 spiro atoms. The van der Waals surface area contributed by atoms with Gasteiger partial charge in [0, 0.05) is 0 Å². The quantitative estimate of drug-likeness (QED) is 0.301. The van der Waals surface area contributed by atoms with Gasteiger partial charge in [0.05, 0.1) is 6.10 Å². The first-order chi connectivity index (χ1) is 13.1. The van der Waals surface area contributed by atoms with Crippen LogP contribution in [0.2, 0.25) is 0 Å². The Morgan fingerprint density at radius 2 is 0.774 bits per heavy atom. The second-order valence-electron chi connectivity index (χ2n) is 5.97. The minimum absolute atomic E-state index is 0.604. The molecule has 0 heterocycles. The molecule has 2 nitrogen and oxygen atoms in total. The first-order valence-electron chi connectivity index (χ1n) is 7.01. The van der Waals surface area contributed by atoms with Crippen molar-refractivity contribution in [1.82, 2.24) is 0 Å². The lowest BCUT2D eigenvalue weighted by Gasteiger charge is -2.42. The second-order valence-corrected chi connectivity index (χ2v) is 5.97. The van der Waals surface area contributed by atoms with Crippen LogP contribution in [0.1, 0.15) is 13.8 Å². The van der Waals surface area contributed by atoms with E-state index in [9.17, 15) is 79.4 Å². The Hall–Kier alpha value is -1.72. The van der Waals surface area contributed by atoms with Crippen molar-refractivity contribution in [3.63, 3.8) is 0 Å². The van der Waals surface area contributed by atoms with Crippen LogP contribution in [0.25, 0.3) is 0 Å². The van der Waals surface area contributed by atoms with Crippen molar-refractivity contribution < 1.29 is 84.2 Å². The van der Waals surface area contributed by atoms with Crippen LogP contribution in [0.4, 0.5) is 74.6 Å². The van der Waals surface area contributed by atoms with Crippen LogP contribution >= 0.6 is 0 Å². The van der Waals surface area contributed by atoms with E-state index in [-0.39, 0.29) is 0 Å². The standard InChI is InChI=1S/C12H7F17O2/c1-3(2)31-4(30)5(13,14)6(15,16)7(17,18)8(19,20)9(21,22)10(23,24)11(25,26)12(27,28)29/h3H,1-2H3. The van der Waals surface area contributed by atoms with Crippen LogP contribution in [-0.2, 0) is 9.53 Å². The van der Waals surface area contributed by atoms with Gasteiger partial charge in [-0.3, -0.25) is 0 Å². The van der Waals surface area contributed by atoms with Crippen molar-refractivity contribution in [3.8, 4) is 0 Å². The molecular weight excluding hydrogens is 499 g/mol. The van der Waals surface area contributed by atoms with E-state index in [0.717, 1.165) is 0 Å². The number of ether oxygens (including phenoxy) is 1. The predicted octanol–water partition coefficient (Wildman–Crippen LogP) is 5.95. The van der Waals surface area contributed by atoms with E-state index in [0.29, 0.717) is 13.8 Å². The molecule has 0 bridgehead atoms. The van der Waals surface area contributed by atoms with Gasteiger partial charge in [0.25, 0.3) is 0 Å². The number of rotatable bonds is 8. The van der Waals surface area contributed by atoms with E-state index in [1.54, 1.807) is 0 Å². The molecule has 0 aromatic heterocycles. The van der Waals surface area contributed by atoms with Gasteiger partial charge in [-0.1, -0.05) is 0 Å². The molecule has 19 heteroatoms. The molecule has 0 atom stereocenters. The fourth-order valence-electron chi connectivity index (χ4n) is 1.58. The van der Waals surface area contributed by atoms with Crippen molar-refractivity contribution in [3.05, 3.63) is 0 Å². The zero-order chi connectivity index (χ0) is 25.9.